The maximum Gasteiger partial charge on any atom is 0.275 e. The Hall–Kier alpha value is -3.29. The van der Waals surface area contributed by atoms with Gasteiger partial charge in [0.15, 0.2) is 5.69 Å². The second kappa shape index (κ2) is 7.51. The summed E-state index contributed by atoms with van der Waals surface area (Å²) in [5, 5.41) is 5.55. The summed E-state index contributed by atoms with van der Waals surface area (Å²) in [4.78, 5) is 38.7. The van der Waals surface area contributed by atoms with Gasteiger partial charge in [-0.2, -0.15) is 5.10 Å². The standard InChI is InChI=1S/C22H24N6O2/c1-2-28-21(29)17-6-4-3-5-16(17)20(25-28)22(30)27-11-9-26(10-12-27)18-13-23-14-24-19(18)15-7-8-15/h3-6,13-15H,2,7-12H2,1H3. The highest BCUT2D eigenvalue weighted by Crippen LogP contribution is 2.42. The number of carbonyl (C=O) groups is 1. The van der Waals surface area contributed by atoms with Crippen molar-refractivity contribution in [2.45, 2.75) is 32.2 Å². The summed E-state index contributed by atoms with van der Waals surface area (Å²) in [6.07, 6.45) is 5.89. The van der Waals surface area contributed by atoms with Gasteiger partial charge in [-0.15, -0.1) is 0 Å². The van der Waals surface area contributed by atoms with Crippen LogP contribution >= 0.6 is 0 Å². The number of benzene rings is 1. The van der Waals surface area contributed by atoms with Crippen LogP contribution in [0.1, 0.15) is 41.9 Å². The van der Waals surface area contributed by atoms with Gasteiger partial charge >= 0.3 is 0 Å². The third kappa shape index (κ3) is 3.22. The van der Waals surface area contributed by atoms with E-state index in [1.807, 2.05) is 30.2 Å². The van der Waals surface area contributed by atoms with E-state index in [9.17, 15) is 9.59 Å². The number of rotatable bonds is 4. The van der Waals surface area contributed by atoms with Gasteiger partial charge < -0.3 is 9.80 Å². The molecule has 3 heterocycles. The largest absolute Gasteiger partial charge is 0.365 e. The van der Waals surface area contributed by atoms with Crippen LogP contribution in [0.25, 0.3) is 10.8 Å². The third-order valence-electron chi connectivity index (χ3n) is 5.96. The van der Waals surface area contributed by atoms with E-state index in [-0.39, 0.29) is 11.5 Å². The van der Waals surface area contributed by atoms with Crippen molar-refractivity contribution >= 4 is 22.4 Å². The predicted molar refractivity (Wildman–Crippen MR) is 114 cm³/mol. The number of fused-ring (bicyclic) bond motifs is 1. The molecule has 0 unspecified atom stereocenters. The Morgan fingerprint density at radius 2 is 1.83 bits per heavy atom. The summed E-state index contributed by atoms with van der Waals surface area (Å²) in [5.41, 5.74) is 2.41. The molecule has 8 nitrogen and oxygen atoms in total. The minimum absolute atomic E-state index is 0.125. The normalized spacial score (nSPS) is 16.8. The van der Waals surface area contributed by atoms with Crippen molar-refractivity contribution in [1.29, 1.82) is 0 Å². The van der Waals surface area contributed by atoms with Crippen LogP contribution in [-0.4, -0.2) is 56.7 Å². The van der Waals surface area contributed by atoms with Crippen LogP contribution in [0, 0.1) is 0 Å². The molecule has 30 heavy (non-hydrogen) atoms. The van der Waals surface area contributed by atoms with Gasteiger partial charge in [-0.3, -0.25) is 9.59 Å². The molecular weight excluding hydrogens is 380 g/mol. The summed E-state index contributed by atoms with van der Waals surface area (Å²) in [6, 6.07) is 7.21. The van der Waals surface area contributed by atoms with Gasteiger partial charge in [-0.25, -0.2) is 14.6 Å². The molecule has 8 heteroatoms. The van der Waals surface area contributed by atoms with E-state index in [0.29, 0.717) is 42.0 Å². The molecule has 0 N–H and O–H groups in total. The fourth-order valence-electron chi connectivity index (χ4n) is 4.15. The fourth-order valence-corrected chi connectivity index (χ4v) is 4.15. The molecule has 0 spiro atoms. The minimum Gasteiger partial charge on any atom is -0.365 e. The number of aryl methyl sites for hydroxylation is 1. The first-order valence-corrected chi connectivity index (χ1v) is 10.5. The van der Waals surface area contributed by atoms with Crippen LogP contribution in [0.4, 0.5) is 5.69 Å². The molecule has 1 amide bonds. The Balaban J connectivity index is 1.39. The Kier molecular flexibility index (Phi) is 4.69. The third-order valence-corrected chi connectivity index (χ3v) is 5.96. The molecular formula is C22H24N6O2. The van der Waals surface area contributed by atoms with E-state index in [4.69, 9.17) is 0 Å². The minimum atomic E-state index is -0.161. The van der Waals surface area contributed by atoms with E-state index < -0.39 is 0 Å². The maximum atomic E-state index is 13.3. The maximum absolute atomic E-state index is 13.3. The van der Waals surface area contributed by atoms with Gasteiger partial charge in [0, 0.05) is 44.0 Å². The van der Waals surface area contributed by atoms with Crippen molar-refractivity contribution in [3.05, 3.63) is 58.5 Å². The molecule has 0 radical (unpaired) electrons. The fraction of sp³-hybridized carbons (Fsp3) is 0.409. The van der Waals surface area contributed by atoms with Crippen LogP contribution in [-0.2, 0) is 6.54 Å². The van der Waals surface area contributed by atoms with Crippen molar-refractivity contribution in [2.24, 2.45) is 0 Å². The topological polar surface area (TPSA) is 84.2 Å². The number of nitrogens with zero attached hydrogens (tertiary/aromatic N) is 6. The number of hydrogen-bond acceptors (Lipinski definition) is 6. The zero-order chi connectivity index (χ0) is 20.7. The highest BCUT2D eigenvalue weighted by Gasteiger charge is 2.31. The number of carbonyl (C=O) groups excluding carboxylic acids is 1. The highest BCUT2D eigenvalue weighted by molar-refractivity contribution is 6.04. The second-order valence-electron chi connectivity index (χ2n) is 7.86. The lowest BCUT2D eigenvalue weighted by Crippen LogP contribution is -2.49. The van der Waals surface area contributed by atoms with Crippen molar-refractivity contribution in [1.82, 2.24) is 24.6 Å². The lowest BCUT2D eigenvalue weighted by Gasteiger charge is -2.36. The lowest BCUT2D eigenvalue weighted by molar-refractivity contribution is 0.0740. The molecule has 154 valence electrons. The molecule has 1 saturated carbocycles. The smallest absolute Gasteiger partial charge is 0.275 e. The summed E-state index contributed by atoms with van der Waals surface area (Å²) in [6.45, 7) is 4.93. The summed E-state index contributed by atoms with van der Waals surface area (Å²) < 4.78 is 1.37. The zero-order valence-corrected chi connectivity index (χ0v) is 17.0. The van der Waals surface area contributed by atoms with Crippen LogP contribution in [0.5, 0.6) is 0 Å². The SMILES string of the molecule is CCn1nc(C(=O)N2CCN(c3cncnc3C3CC3)CC2)c2ccccc2c1=O. The number of hydrogen-bond donors (Lipinski definition) is 0. The lowest BCUT2D eigenvalue weighted by atomic mass is 10.1. The van der Waals surface area contributed by atoms with Crippen LogP contribution < -0.4 is 10.5 Å². The molecule has 2 aliphatic rings. The molecule has 1 aliphatic carbocycles. The Labute approximate surface area is 174 Å². The average molecular weight is 404 g/mol. The summed E-state index contributed by atoms with van der Waals surface area (Å²) >= 11 is 0. The number of aromatic nitrogens is 4. The quantitative estimate of drug-likeness (QED) is 0.662. The van der Waals surface area contributed by atoms with Gasteiger partial charge in [-0.05, 0) is 25.8 Å². The van der Waals surface area contributed by atoms with E-state index >= 15 is 0 Å². The number of piperazine rings is 1. The Morgan fingerprint density at radius 1 is 1.10 bits per heavy atom. The Morgan fingerprint density at radius 3 is 2.53 bits per heavy atom. The second-order valence-corrected chi connectivity index (χ2v) is 7.86. The molecule has 1 saturated heterocycles. The molecule has 0 atom stereocenters. The molecule has 1 aromatic carbocycles. The average Bonchev–Trinajstić information content (AvgIpc) is 3.65. The Bertz CT molecular complexity index is 1160. The van der Waals surface area contributed by atoms with Gasteiger partial charge in [-0.1, -0.05) is 18.2 Å². The van der Waals surface area contributed by atoms with E-state index in [2.05, 4.69) is 20.0 Å². The van der Waals surface area contributed by atoms with Crippen molar-refractivity contribution in [3.63, 3.8) is 0 Å². The van der Waals surface area contributed by atoms with Crippen molar-refractivity contribution < 1.29 is 4.79 Å². The first kappa shape index (κ1) is 18.7. The predicted octanol–water partition coefficient (Wildman–Crippen LogP) is 2.05. The molecule has 2 fully saturated rings. The van der Waals surface area contributed by atoms with E-state index in [1.54, 1.807) is 18.5 Å². The summed E-state index contributed by atoms with van der Waals surface area (Å²) in [7, 11) is 0. The van der Waals surface area contributed by atoms with Crippen LogP contribution in [0.2, 0.25) is 0 Å². The van der Waals surface area contributed by atoms with Crippen LogP contribution in [0.3, 0.4) is 0 Å². The highest BCUT2D eigenvalue weighted by atomic mass is 16.2. The molecule has 3 aromatic rings. The number of amides is 1. The first-order chi connectivity index (χ1) is 14.7. The van der Waals surface area contributed by atoms with Gasteiger partial charge in [0.25, 0.3) is 11.5 Å². The molecule has 0 bridgehead atoms. The van der Waals surface area contributed by atoms with Gasteiger partial charge in [0.2, 0.25) is 0 Å². The zero-order valence-electron chi connectivity index (χ0n) is 17.0. The van der Waals surface area contributed by atoms with Crippen molar-refractivity contribution in [3.8, 4) is 0 Å². The number of anilines is 1. The van der Waals surface area contributed by atoms with Gasteiger partial charge in [0.05, 0.1) is 23.0 Å². The summed E-state index contributed by atoms with van der Waals surface area (Å²) in [5.74, 6) is 0.424. The van der Waals surface area contributed by atoms with Crippen molar-refractivity contribution in [2.75, 3.05) is 31.1 Å². The monoisotopic (exact) mass is 404 g/mol. The van der Waals surface area contributed by atoms with E-state index in [1.165, 1.54) is 17.5 Å². The first-order valence-electron chi connectivity index (χ1n) is 10.5. The van der Waals surface area contributed by atoms with E-state index in [0.717, 1.165) is 24.5 Å². The molecule has 2 aromatic heterocycles. The molecule has 1 aliphatic heterocycles. The molecule has 5 rings (SSSR count). The van der Waals surface area contributed by atoms with Crippen LogP contribution in [0.15, 0.2) is 41.6 Å². The van der Waals surface area contributed by atoms with Gasteiger partial charge in [0.1, 0.15) is 6.33 Å².